The van der Waals surface area contributed by atoms with Crippen LogP contribution in [0.2, 0.25) is 0 Å². The van der Waals surface area contributed by atoms with Crippen LogP contribution in [-0.2, 0) is 0 Å². The molecule has 0 spiro atoms. The molecule has 0 aliphatic rings. The summed E-state index contributed by atoms with van der Waals surface area (Å²) in [5.74, 6) is -0.184. The van der Waals surface area contributed by atoms with E-state index < -0.39 is 5.82 Å². The third kappa shape index (κ3) is 2.18. The summed E-state index contributed by atoms with van der Waals surface area (Å²) in [7, 11) is 1.43. The van der Waals surface area contributed by atoms with Gasteiger partial charge in [0.2, 0.25) is 0 Å². The molecule has 0 fully saturated rings. The van der Waals surface area contributed by atoms with E-state index in [2.05, 4.69) is 0 Å². The average molecular weight is 230 g/mol. The first-order valence-corrected chi connectivity index (χ1v) is 5.14. The number of rotatable bonds is 3. The van der Waals surface area contributed by atoms with E-state index in [1.807, 2.05) is 0 Å². The van der Waals surface area contributed by atoms with Crippen molar-refractivity contribution in [2.24, 2.45) is 0 Å². The van der Waals surface area contributed by atoms with Crippen LogP contribution in [-0.4, -0.2) is 13.4 Å². The summed E-state index contributed by atoms with van der Waals surface area (Å²) < 4.78 is 18.5. The summed E-state index contributed by atoms with van der Waals surface area (Å²) in [5, 5.41) is 0. The van der Waals surface area contributed by atoms with Crippen molar-refractivity contribution in [3.8, 4) is 16.9 Å². The van der Waals surface area contributed by atoms with Crippen LogP contribution in [0.5, 0.6) is 5.75 Å². The number of para-hydroxylation sites is 1. The van der Waals surface area contributed by atoms with Crippen molar-refractivity contribution >= 4 is 6.29 Å². The van der Waals surface area contributed by atoms with Crippen LogP contribution in [0.4, 0.5) is 4.39 Å². The van der Waals surface area contributed by atoms with E-state index in [1.165, 1.54) is 13.2 Å². The predicted molar refractivity (Wildman–Crippen MR) is 63.8 cm³/mol. The first-order chi connectivity index (χ1) is 8.26. The molecule has 0 saturated heterocycles. The minimum Gasteiger partial charge on any atom is -0.493 e. The topological polar surface area (TPSA) is 26.3 Å². The van der Waals surface area contributed by atoms with Crippen molar-refractivity contribution in [3.63, 3.8) is 0 Å². The highest BCUT2D eigenvalue weighted by Crippen LogP contribution is 2.31. The Hall–Kier alpha value is -2.16. The summed E-state index contributed by atoms with van der Waals surface area (Å²) in [5.41, 5.74) is 2.07. The van der Waals surface area contributed by atoms with Gasteiger partial charge in [-0.2, -0.15) is 0 Å². The van der Waals surface area contributed by atoms with Gasteiger partial charge < -0.3 is 4.74 Å². The van der Waals surface area contributed by atoms with Gasteiger partial charge in [0, 0.05) is 11.1 Å². The summed E-state index contributed by atoms with van der Waals surface area (Å²) in [4.78, 5) is 10.5. The SMILES string of the molecule is COc1c(F)cccc1-c1ccc(C=O)cc1. The zero-order chi connectivity index (χ0) is 12.3. The molecule has 0 unspecified atom stereocenters. The lowest BCUT2D eigenvalue weighted by Gasteiger charge is -2.09. The average Bonchev–Trinajstić information content (AvgIpc) is 2.38. The van der Waals surface area contributed by atoms with E-state index in [1.54, 1.807) is 36.4 Å². The number of hydrogen-bond donors (Lipinski definition) is 0. The number of methoxy groups -OCH3 is 1. The second-order valence-corrected chi connectivity index (χ2v) is 3.56. The summed E-state index contributed by atoms with van der Waals surface area (Å²) in [6.45, 7) is 0. The van der Waals surface area contributed by atoms with Gasteiger partial charge in [-0.15, -0.1) is 0 Å². The highest BCUT2D eigenvalue weighted by atomic mass is 19.1. The number of ether oxygens (including phenoxy) is 1. The van der Waals surface area contributed by atoms with Gasteiger partial charge in [0.25, 0.3) is 0 Å². The Kier molecular flexibility index (Phi) is 3.19. The van der Waals surface area contributed by atoms with Crippen molar-refractivity contribution in [1.82, 2.24) is 0 Å². The van der Waals surface area contributed by atoms with E-state index in [0.29, 0.717) is 11.1 Å². The van der Waals surface area contributed by atoms with Crippen LogP contribution in [0.15, 0.2) is 42.5 Å². The molecule has 0 bridgehead atoms. The zero-order valence-electron chi connectivity index (χ0n) is 9.31. The number of aldehydes is 1. The maximum absolute atomic E-state index is 13.5. The molecule has 2 aromatic rings. The third-order valence-electron chi connectivity index (χ3n) is 2.53. The van der Waals surface area contributed by atoms with Crippen molar-refractivity contribution in [2.45, 2.75) is 0 Å². The molecule has 0 aromatic heterocycles. The molecule has 3 heteroatoms. The van der Waals surface area contributed by atoms with Crippen LogP contribution < -0.4 is 4.74 Å². The third-order valence-corrected chi connectivity index (χ3v) is 2.53. The van der Waals surface area contributed by atoms with Crippen molar-refractivity contribution in [3.05, 3.63) is 53.8 Å². The Morgan fingerprint density at radius 1 is 1.12 bits per heavy atom. The molecule has 0 heterocycles. The lowest BCUT2D eigenvalue weighted by Crippen LogP contribution is -1.92. The smallest absolute Gasteiger partial charge is 0.165 e. The van der Waals surface area contributed by atoms with Gasteiger partial charge in [-0.1, -0.05) is 36.4 Å². The monoisotopic (exact) mass is 230 g/mol. The Morgan fingerprint density at radius 2 is 1.82 bits per heavy atom. The van der Waals surface area contributed by atoms with Gasteiger partial charge >= 0.3 is 0 Å². The number of benzene rings is 2. The fourth-order valence-corrected chi connectivity index (χ4v) is 1.68. The van der Waals surface area contributed by atoms with Crippen LogP contribution in [0, 0.1) is 5.82 Å². The standard InChI is InChI=1S/C14H11FO2/c1-17-14-12(3-2-4-13(14)15)11-7-5-10(9-16)6-8-11/h2-9H,1H3. The van der Waals surface area contributed by atoms with Crippen LogP contribution in [0.3, 0.4) is 0 Å². The minimum absolute atomic E-state index is 0.214. The molecule has 0 saturated carbocycles. The molecular weight excluding hydrogens is 219 g/mol. The van der Waals surface area contributed by atoms with Gasteiger partial charge in [-0.3, -0.25) is 4.79 Å². The fourth-order valence-electron chi connectivity index (χ4n) is 1.68. The van der Waals surface area contributed by atoms with Gasteiger partial charge in [0.15, 0.2) is 11.6 Å². The molecule has 0 radical (unpaired) electrons. The second-order valence-electron chi connectivity index (χ2n) is 3.56. The van der Waals surface area contributed by atoms with Crippen molar-refractivity contribution < 1.29 is 13.9 Å². The maximum Gasteiger partial charge on any atom is 0.165 e. The Balaban J connectivity index is 2.52. The predicted octanol–water partition coefficient (Wildman–Crippen LogP) is 3.31. The highest BCUT2D eigenvalue weighted by molar-refractivity contribution is 5.78. The summed E-state index contributed by atoms with van der Waals surface area (Å²) in [6, 6.07) is 11.7. The van der Waals surface area contributed by atoms with E-state index >= 15 is 0 Å². The van der Waals surface area contributed by atoms with E-state index in [0.717, 1.165) is 11.8 Å². The molecule has 0 aliphatic heterocycles. The van der Waals surface area contributed by atoms with Gasteiger partial charge in [-0.05, 0) is 11.6 Å². The molecule has 0 aliphatic carbocycles. The van der Waals surface area contributed by atoms with E-state index in [4.69, 9.17) is 4.74 Å². The molecule has 2 nitrogen and oxygen atoms in total. The number of carbonyl (C=O) groups is 1. The highest BCUT2D eigenvalue weighted by Gasteiger charge is 2.10. The molecule has 0 atom stereocenters. The summed E-state index contributed by atoms with van der Waals surface area (Å²) >= 11 is 0. The van der Waals surface area contributed by atoms with Crippen LogP contribution in [0.1, 0.15) is 10.4 Å². The number of carbonyl (C=O) groups excluding carboxylic acids is 1. The second kappa shape index (κ2) is 4.78. The molecule has 0 N–H and O–H groups in total. The number of halogens is 1. The van der Waals surface area contributed by atoms with E-state index in [9.17, 15) is 9.18 Å². The normalized spacial score (nSPS) is 10.0. The van der Waals surface area contributed by atoms with Crippen molar-refractivity contribution in [1.29, 1.82) is 0 Å². The first kappa shape index (κ1) is 11.3. The van der Waals surface area contributed by atoms with Crippen LogP contribution in [0.25, 0.3) is 11.1 Å². The zero-order valence-corrected chi connectivity index (χ0v) is 9.31. The van der Waals surface area contributed by atoms with Crippen LogP contribution >= 0.6 is 0 Å². The van der Waals surface area contributed by atoms with Crippen molar-refractivity contribution in [2.75, 3.05) is 7.11 Å². The van der Waals surface area contributed by atoms with Gasteiger partial charge in [-0.25, -0.2) is 4.39 Å². The molecule has 17 heavy (non-hydrogen) atoms. The van der Waals surface area contributed by atoms with Gasteiger partial charge in [0.05, 0.1) is 7.11 Å². The lowest BCUT2D eigenvalue weighted by molar-refractivity contribution is 0.112. The first-order valence-electron chi connectivity index (χ1n) is 5.14. The molecular formula is C14H11FO2. The Bertz CT molecular complexity index is 532. The molecule has 0 amide bonds. The fraction of sp³-hybridized carbons (Fsp3) is 0.0714. The Morgan fingerprint density at radius 3 is 2.41 bits per heavy atom. The minimum atomic E-state index is -0.399. The summed E-state index contributed by atoms with van der Waals surface area (Å²) in [6.07, 6.45) is 0.770. The maximum atomic E-state index is 13.5. The van der Waals surface area contributed by atoms with Gasteiger partial charge in [0.1, 0.15) is 6.29 Å². The van der Waals surface area contributed by atoms with E-state index in [-0.39, 0.29) is 5.75 Å². The Labute approximate surface area is 98.7 Å². The molecule has 86 valence electrons. The number of hydrogen-bond acceptors (Lipinski definition) is 2. The largest absolute Gasteiger partial charge is 0.493 e. The lowest BCUT2D eigenvalue weighted by atomic mass is 10.0. The molecule has 2 rings (SSSR count). The molecule has 2 aromatic carbocycles. The quantitative estimate of drug-likeness (QED) is 0.756.